The van der Waals surface area contributed by atoms with Crippen LogP contribution in [0, 0.1) is 6.92 Å². The Hall–Kier alpha value is -3.65. The number of H-pyrrole nitrogens is 1. The maximum absolute atomic E-state index is 12.4. The van der Waals surface area contributed by atoms with Crippen molar-refractivity contribution in [1.29, 1.82) is 0 Å². The average Bonchev–Trinajstić information content (AvgIpc) is 3.21. The van der Waals surface area contributed by atoms with Crippen LogP contribution in [-0.4, -0.2) is 34.7 Å². The smallest absolute Gasteiger partial charge is 0.276 e. The van der Waals surface area contributed by atoms with E-state index in [2.05, 4.69) is 25.9 Å². The lowest BCUT2D eigenvalue weighted by atomic mass is 10.1. The number of nitrogens with zero attached hydrogens (tertiary/aromatic N) is 1. The maximum Gasteiger partial charge on any atom is 0.276 e. The Balaban J connectivity index is 1.66. The van der Waals surface area contributed by atoms with Gasteiger partial charge in [-0.1, -0.05) is 17.7 Å². The fraction of sp³-hybridized carbons (Fsp3) is 0.100. The van der Waals surface area contributed by atoms with Gasteiger partial charge in [0, 0.05) is 29.0 Å². The number of aromatic nitrogens is 2. The zero-order chi connectivity index (χ0) is 21.0. The van der Waals surface area contributed by atoms with Gasteiger partial charge in [0.2, 0.25) is 0 Å². The number of rotatable bonds is 5. The van der Waals surface area contributed by atoms with Crippen molar-refractivity contribution in [3.63, 3.8) is 0 Å². The number of aromatic amines is 1. The third-order valence-corrected chi connectivity index (χ3v) is 4.55. The number of hydrogen-bond donors (Lipinski definition) is 4. The van der Waals surface area contributed by atoms with Crippen molar-refractivity contribution in [3.05, 3.63) is 76.3 Å². The van der Waals surface area contributed by atoms with E-state index in [0.717, 1.165) is 5.56 Å². The lowest BCUT2D eigenvalue weighted by Gasteiger charge is -2.09. The Kier molecular flexibility index (Phi) is 5.94. The molecule has 3 amide bonds. The summed E-state index contributed by atoms with van der Waals surface area (Å²) in [4.78, 5) is 43.0. The zero-order valence-electron chi connectivity index (χ0n) is 15.7. The minimum absolute atomic E-state index is 0.0158. The first-order valence-corrected chi connectivity index (χ1v) is 9.01. The van der Waals surface area contributed by atoms with Gasteiger partial charge in [0.05, 0.1) is 6.33 Å². The highest BCUT2D eigenvalue weighted by molar-refractivity contribution is 6.31. The first kappa shape index (κ1) is 20.1. The number of nitrogens with one attached hydrogen (secondary N) is 4. The Morgan fingerprint density at radius 1 is 0.931 bits per heavy atom. The zero-order valence-corrected chi connectivity index (χ0v) is 16.4. The van der Waals surface area contributed by atoms with E-state index in [1.807, 2.05) is 6.92 Å². The number of benzene rings is 2. The molecule has 4 N–H and O–H groups in total. The molecule has 2 aromatic carbocycles. The number of carbonyl (C=O) groups excluding carboxylic acids is 3. The molecule has 0 bridgehead atoms. The second-order valence-corrected chi connectivity index (χ2v) is 6.56. The van der Waals surface area contributed by atoms with Crippen LogP contribution in [-0.2, 0) is 0 Å². The molecule has 0 aliphatic carbocycles. The van der Waals surface area contributed by atoms with E-state index < -0.39 is 11.8 Å². The fourth-order valence-electron chi connectivity index (χ4n) is 2.53. The first-order valence-electron chi connectivity index (χ1n) is 8.63. The molecular weight excluding hydrogens is 394 g/mol. The highest BCUT2D eigenvalue weighted by atomic mass is 35.5. The molecule has 3 aromatic rings. The predicted octanol–water partition coefficient (Wildman–Crippen LogP) is 3.24. The largest absolute Gasteiger partial charge is 0.354 e. The molecule has 0 atom stereocenters. The van der Waals surface area contributed by atoms with Crippen LogP contribution in [0.3, 0.4) is 0 Å². The summed E-state index contributed by atoms with van der Waals surface area (Å²) >= 11 is 6.06. The SMILES string of the molecule is CNC(=O)c1[nH]cnc1C(=O)Nc1ccc(NC(=O)c2ccc(C)c(Cl)c2)cc1. The van der Waals surface area contributed by atoms with Gasteiger partial charge < -0.3 is 20.9 Å². The minimum Gasteiger partial charge on any atom is -0.354 e. The monoisotopic (exact) mass is 411 g/mol. The van der Waals surface area contributed by atoms with Crippen LogP contribution in [0.4, 0.5) is 11.4 Å². The van der Waals surface area contributed by atoms with Crippen LogP contribution < -0.4 is 16.0 Å². The number of hydrogen-bond acceptors (Lipinski definition) is 4. The highest BCUT2D eigenvalue weighted by Crippen LogP contribution is 2.19. The molecule has 0 fully saturated rings. The summed E-state index contributed by atoms with van der Waals surface area (Å²) in [5.41, 5.74) is 2.43. The van der Waals surface area contributed by atoms with Gasteiger partial charge in [-0.3, -0.25) is 14.4 Å². The summed E-state index contributed by atoms with van der Waals surface area (Å²) in [6.45, 7) is 1.86. The summed E-state index contributed by atoms with van der Waals surface area (Å²) in [5.74, 6) is -1.27. The van der Waals surface area contributed by atoms with Crippen LogP contribution in [0.15, 0.2) is 48.8 Å². The number of halogens is 1. The third-order valence-electron chi connectivity index (χ3n) is 4.14. The molecule has 8 nitrogen and oxygen atoms in total. The topological polar surface area (TPSA) is 116 Å². The molecule has 29 heavy (non-hydrogen) atoms. The molecule has 0 saturated heterocycles. The summed E-state index contributed by atoms with van der Waals surface area (Å²) in [6.07, 6.45) is 1.27. The van der Waals surface area contributed by atoms with E-state index in [0.29, 0.717) is 22.0 Å². The Morgan fingerprint density at radius 2 is 1.55 bits per heavy atom. The van der Waals surface area contributed by atoms with Crippen LogP contribution in [0.5, 0.6) is 0 Å². The van der Waals surface area contributed by atoms with Crippen molar-refractivity contribution < 1.29 is 14.4 Å². The molecular formula is C20H18ClN5O3. The molecule has 9 heteroatoms. The molecule has 0 aliphatic rings. The van der Waals surface area contributed by atoms with Crippen LogP contribution in [0.25, 0.3) is 0 Å². The minimum atomic E-state index is -0.532. The van der Waals surface area contributed by atoms with E-state index in [4.69, 9.17) is 11.6 Å². The Labute approximate surface area is 171 Å². The van der Waals surface area contributed by atoms with Crippen molar-refractivity contribution in [2.24, 2.45) is 0 Å². The third kappa shape index (κ3) is 4.61. The van der Waals surface area contributed by atoms with E-state index in [1.54, 1.807) is 42.5 Å². The average molecular weight is 412 g/mol. The molecule has 0 aliphatic heterocycles. The molecule has 1 aromatic heterocycles. The van der Waals surface area contributed by atoms with Gasteiger partial charge in [0.25, 0.3) is 17.7 Å². The standard InChI is InChI=1S/C20H18ClN5O3/c1-11-3-4-12(9-15(11)21)18(27)25-13-5-7-14(8-6-13)26-20(29)17-16(19(28)22-2)23-10-24-17/h3-10H,1-2H3,(H,22,28)(H,23,24)(H,25,27)(H,26,29). The molecule has 0 radical (unpaired) electrons. The predicted molar refractivity (Wildman–Crippen MR) is 111 cm³/mol. The second kappa shape index (κ2) is 8.57. The summed E-state index contributed by atoms with van der Waals surface area (Å²) < 4.78 is 0. The molecule has 0 unspecified atom stereocenters. The van der Waals surface area contributed by atoms with Gasteiger partial charge in [-0.15, -0.1) is 0 Å². The molecule has 148 valence electrons. The fourth-order valence-corrected chi connectivity index (χ4v) is 2.71. The van der Waals surface area contributed by atoms with E-state index in [9.17, 15) is 14.4 Å². The van der Waals surface area contributed by atoms with Crippen molar-refractivity contribution in [2.45, 2.75) is 6.92 Å². The van der Waals surface area contributed by atoms with Gasteiger partial charge in [0.1, 0.15) is 5.69 Å². The van der Waals surface area contributed by atoms with E-state index >= 15 is 0 Å². The number of anilines is 2. The Bertz CT molecular complexity index is 1080. The number of carbonyl (C=O) groups is 3. The maximum atomic E-state index is 12.4. The van der Waals surface area contributed by atoms with Gasteiger partial charge in [0.15, 0.2) is 5.69 Å². The first-order chi connectivity index (χ1) is 13.9. The van der Waals surface area contributed by atoms with Crippen molar-refractivity contribution in [3.8, 4) is 0 Å². The van der Waals surface area contributed by atoms with Gasteiger partial charge in [-0.2, -0.15) is 0 Å². The molecule has 1 heterocycles. The quantitative estimate of drug-likeness (QED) is 0.515. The van der Waals surface area contributed by atoms with Crippen molar-refractivity contribution in [2.75, 3.05) is 17.7 Å². The van der Waals surface area contributed by atoms with Crippen molar-refractivity contribution >= 4 is 40.7 Å². The van der Waals surface area contributed by atoms with Crippen LogP contribution in [0.2, 0.25) is 5.02 Å². The summed E-state index contributed by atoms with van der Waals surface area (Å²) in [6, 6.07) is 11.6. The van der Waals surface area contributed by atoms with Gasteiger partial charge >= 0.3 is 0 Å². The lowest BCUT2D eigenvalue weighted by molar-refractivity contribution is 0.0943. The number of imidazole rings is 1. The summed E-state index contributed by atoms with van der Waals surface area (Å²) in [5, 5.41) is 8.37. The Morgan fingerprint density at radius 3 is 2.14 bits per heavy atom. The number of aryl methyl sites for hydroxylation is 1. The van der Waals surface area contributed by atoms with E-state index in [1.165, 1.54) is 13.4 Å². The number of amides is 3. The van der Waals surface area contributed by atoms with E-state index in [-0.39, 0.29) is 17.3 Å². The van der Waals surface area contributed by atoms with Gasteiger partial charge in [-0.25, -0.2) is 4.98 Å². The molecule has 0 spiro atoms. The highest BCUT2D eigenvalue weighted by Gasteiger charge is 2.19. The second-order valence-electron chi connectivity index (χ2n) is 6.15. The molecule has 3 rings (SSSR count). The van der Waals surface area contributed by atoms with Crippen LogP contribution >= 0.6 is 11.6 Å². The summed E-state index contributed by atoms with van der Waals surface area (Å²) in [7, 11) is 1.46. The van der Waals surface area contributed by atoms with Crippen LogP contribution in [0.1, 0.15) is 36.9 Å². The van der Waals surface area contributed by atoms with Gasteiger partial charge in [-0.05, 0) is 48.9 Å². The van der Waals surface area contributed by atoms with Crippen molar-refractivity contribution in [1.82, 2.24) is 15.3 Å². The normalized spacial score (nSPS) is 10.3. The molecule has 0 saturated carbocycles. The lowest BCUT2D eigenvalue weighted by Crippen LogP contribution is -2.23.